The topological polar surface area (TPSA) is 3.24 Å². The maximum atomic E-state index is 2.40. The molecule has 9 aromatic carbocycles. The first-order valence-corrected chi connectivity index (χ1v) is 16.8. The third kappa shape index (κ3) is 5.32. The smallest absolute Gasteiger partial charge is 0.0468 e. The zero-order valence-corrected chi connectivity index (χ0v) is 27.0. The van der Waals surface area contributed by atoms with Crippen molar-refractivity contribution in [3.8, 4) is 33.4 Å². The molecule has 0 unspecified atom stereocenters. The molecule has 1 heteroatoms. The monoisotopic (exact) mass is 623 g/mol. The van der Waals surface area contributed by atoms with Gasteiger partial charge in [-0.05, 0) is 126 Å². The third-order valence-electron chi connectivity index (χ3n) is 9.59. The molecule has 9 rings (SSSR count). The molecule has 0 N–H and O–H groups in total. The Morgan fingerprint density at radius 3 is 1.31 bits per heavy atom. The van der Waals surface area contributed by atoms with E-state index in [0.717, 1.165) is 17.1 Å². The highest BCUT2D eigenvalue weighted by Gasteiger charge is 2.17. The lowest BCUT2D eigenvalue weighted by atomic mass is 9.88. The largest absolute Gasteiger partial charge is 0.310 e. The Morgan fingerprint density at radius 2 is 0.714 bits per heavy atom. The summed E-state index contributed by atoms with van der Waals surface area (Å²) in [6.07, 6.45) is 0. The zero-order chi connectivity index (χ0) is 32.6. The third-order valence-corrected chi connectivity index (χ3v) is 9.59. The summed E-state index contributed by atoms with van der Waals surface area (Å²) >= 11 is 0. The van der Waals surface area contributed by atoms with Crippen molar-refractivity contribution in [3.05, 3.63) is 200 Å². The molecular weight excluding hydrogens is 591 g/mol. The van der Waals surface area contributed by atoms with Crippen molar-refractivity contribution >= 4 is 49.4 Å². The fourth-order valence-corrected chi connectivity index (χ4v) is 7.25. The summed E-state index contributed by atoms with van der Waals surface area (Å²) < 4.78 is 0. The first-order valence-electron chi connectivity index (χ1n) is 16.8. The predicted molar refractivity (Wildman–Crippen MR) is 210 cm³/mol. The van der Waals surface area contributed by atoms with Crippen LogP contribution < -0.4 is 4.90 Å². The van der Waals surface area contributed by atoms with E-state index in [1.54, 1.807) is 0 Å². The van der Waals surface area contributed by atoms with Gasteiger partial charge in [-0.25, -0.2) is 0 Å². The number of hydrogen-bond acceptors (Lipinski definition) is 1. The van der Waals surface area contributed by atoms with Crippen molar-refractivity contribution in [3.63, 3.8) is 0 Å². The standard InChI is InChI=1S/C48H33N/c1-5-15-34(16-6-1)45-30-36-19-13-14-20-37(36)31-47(45)38-25-27-44-43-28-26-42(49(40-21-9-3-10-22-40)41-23-11-4-12-24-41)29-39(43)33-46(48(44)32-38)35-17-7-2-8-18-35/h1-33H. The van der Waals surface area contributed by atoms with Gasteiger partial charge < -0.3 is 4.90 Å². The Balaban J connectivity index is 1.28. The predicted octanol–water partition coefficient (Wildman–Crippen LogP) is 13.6. The van der Waals surface area contributed by atoms with Gasteiger partial charge in [0, 0.05) is 17.1 Å². The summed E-state index contributed by atoms with van der Waals surface area (Å²) in [6.45, 7) is 0. The Hall–Kier alpha value is -6.44. The number of para-hydroxylation sites is 2. The molecule has 9 aromatic rings. The number of hydrogen-bond donors (Lipinski definition) is 0. The minimum Gasteiger partial charge on any atom is -0.310 e. The molecule has 0 saturated heterocycles. The Bertz CT molecular complexity index is 2530. The van der Waals surface area contributed by atoms with Gasteiger partial charge in [0.25, 0.3) is 0 Å². The summed E-state index contributed by atoms with van der Waals surface area (Å²) in [5, 5.41) is 7.45. The average Bonchev–Trinajstić information content (AvgIpc) is 3.18. The van der Waals surface area contributed by atoms with Gasteiger partial charge in [-0.2, -0.15) is 0 Å². The molecule has 1 nitrogen and oxygen atoms in total. The number of anilines is 3. The van der Waals surface area contributed by atoms with Gasteiger partial charge in [0.2, 0.25) is 0 Å². The molecule has 49 heavy (non-hydrogen) atoms. The van der Waals surface area contributed by atoms with Crippen LogP contribution in [0.1, 0.15) is 0 Å². The summed E-state index contributed by atoms with van der Waals surface area (Å²) in [5.74, 6) is 0. The first kappa shape index (κ1) is 28.8. The van der Waals surface area contributed by atoms with Crippen LogP contribution in [0.5, 0.6) is 0 Å². The number of nitrogens with zero attached hydrogens (tertiary/aromatic N) is 1. The number of fused-ring (bicyclic) bond motifs is 4. The molecule has 0 bridgehead atoms. The van der Waals surface area contributed by atoms with Crippen LogP contribution in [0.25, 0.3) is 65.7 Å². The fraction of sp³-hybridized carbons (Fsp3) is 0. The molecular formula is C48H33N. The second-order valence-corrected chi connectivity index (χ2v) is 12.6. The summed E-state index contributed by atoms with van der Waals surface area (Å²) in [7, 11) is 0. The lowest BCUT2D eigenvalue weighted by Gasteiger charge is -2.26. The maximum Gasteiger partial charge on any atom is 0.0468 e. The summed E-state index contributed by atoms with van der Waals surface area (Å²) in [4.78, 5) is 2.33. The normalized spacial score (nSPS) is 11.3. The van der Waals surface area contributed by atoms with E-state index in [1.165, 1.54) is 65.7 Å². The molecule has 0 fully saturated rings. The first-order chi connectivity index (χ1) is 24.3. The van der Waals surface area contributed by atoms with Crippen molar-refractivity contribution < 1.29 is 0 Å². The van der Waals surface area contributed by atoms with Crippen molar-refractivity contribution in [2.75, 3.05) is 4.90 Å². The SMILES string of the molecule is c1ccc(-c2cc3ccccc3cc2-c2ccc3c(c2)c(-c2ccccc2)cc2cc(N(c4ccccc4)c4ccccc4)ccc23)cc1. The molecule has 0 spiro atoms. The Kier molecular flexibility index (Phi) is 7.22. The van der Waals surface area contributed by atoms with Gasteiger partial charge in [-0.15, -0.1) is 0 Å². The lowest BCUT2D eigenvalue weighted by molar-refractivity contribution is 1.29. The van der Waals surface area contributed by atoms with Gasteiger partial charge in [0.1, 0.15) is 0 Å². The minimum absolute atomic E-state index is 1.13. The quantitative estimate of drug-likeness (QED) is 0.167. The van der Waals surface area contributed by atoms with E-state index in [2.05, 4.69) is 205 Å². The maximum absolute atomic E-state index is 2.40. The molecule has 0 aliphatic rings. The van der Waals surface area contributed by atoms with Crippen LogP contribution in [0, 0.1) is 0 Å². The van der Waals surface area contributed by atoms with Gasteiger partial charge in [-0.3, -0.25) is 0 Å². The van der Waals surface area contributed by atoms with Crippen LogP contribution in [0.15, 0.2) is 200 Å². The van der Waals surface area contributed by atoms with E-state index >= 15 is 0 Å². The van der Waals surface area contributed by atoms with Crippen LogP contribution in [0.3, 0.4) is 0 Å². The number of rotatable bonds is 6. The van der Waals surface area contributed by atoms with Gasteiger partial charge >= 0.3 is 0 Å². The second kappa shape index (κ2) is 12.3. The zero-order valence-electron chi connectivity index (χ0n) is 27.0. The van der Waals surface area contributed by atoms with E-state index in [9.17, 15) is 0 Å². The van der Waals surface area contributed by atoms with Crippen molar-refractivity contribution in [2.24, 2.45) is 0 Å². The van der Waals surface area contributed by atoms with Crippen molar-refractivity contribution in [1.29, 1.82) is 0 Å². The van der Waals surface area contributed by atoms with Crippen LogP contribution >= 0.6 is 0 Å². The van der Waals surface area contributed by atoms with Crippen LogP contribution in [-0.4, -0.2) is 0 Å². The van der Waals surface area contributed by atoms with E-state index in [0.29, 0.717) is 0 Å². The molecule has 0 aliphatic heterocycles. The fourth-order valence-electron chi connectivity index (χ4n) is 7.25. The van der Waals surface area contributed by atoms with Crippen molar-refractivity contribution in [2.45, 2.75) is 0 Å². The molecule has 0 aliphatic carbocycles. The Morgan fingerprint density at radius 1 is 0.245 bits per heavy atom. The minimum atomic E-state index is 1.13. The number of benzene rings is 9. The molecule has 0 amide bonds. The van der Waals surface area contributed by atoms with E-state index < -0.39 is 0 Å². The van der Waals surface area contributed by atoms with Gasteiger partial charge in [-0.1, -0.05) is 140 Å². The summed E-state index contributed by atoms with van der Waals surface area (Å²) in [6, 6.07) is 72.5. The summed E-state index contributed by atoms with van der Waals surface area (Å²) in [5.41, 5.74) is 10.7. The average molecular weight is 624 g/mol. The molecule has 0 saturated carbocycles. The van der Waals surface area contributed by atoms with E-state index in [4.69, 9.17) is 0 Å². The molecule has 230 valence electrons. The van der Waals surface area contributed by atoms with Gasteiger partial charge in [0.15, 0.2) is 0 Å². The van der Waals surface area contributed by atoms with E-state index in [-0.39, 0.29) is 0 Å². The van der Waals surface area contributed by atoms with Gasteiger partial charge in [0.05, 0.1) is 0 Å². The van der Waals surface area contributed by atoms with E-state index in [1.807, 2.05) is 0 Å². The molecule has 0 atom stereocenters. The lowest BCUT2D eigenvalue weighted by Crippen LogP contribution is -2.09. The van der Waals surface area contributed by atoms with Crippen LogP contribution in [0.2, 0.25) is 0 Å². The molecule has 0 heterocycles. The highest BCUT2D eigenvalue weighted by atomic mass is 15.1. The van der Waals surface area contributed by atoms with Crippen molar-refractivity contribution in [1.82, 2.24) is 0 Å². The van der Waals surface area contributed by atoms with Crippen LogP contribution in [0.4, 0.5) is 17.1 Å². The second-order valence-electron chi connectivity index (χ2n) is 12.6. The highest BCUT2D eigenvalue weighted by molar-refractivity contribution is 6.16. The van der Waals surface area contributed by atoms with Crippen LogP contribution in [-0.2, 0) is 0 Å². The molecule has 0 aromatic heterocycles. The Labute approximate surface area is 287 Å². The highest BCUT2D eigenvalue weighted by Crippen LogP contribution is 2.43. The molecule has 0 radical (unpaired) electrons.